The van der Waals surface area contributed by atoms with Crippen molar-refractivity contribution < 1.29 is 13.6 Å². The number of Topliss-reactive ketones (excluding diaryl/α,β-unsaturated/α-hetero) is 1. The summed E-state index contributed by atoms with van der Waals surface area (Å²) < 4.78 is 27.7. The summed E-state index contributed by atoms with van der Waals surface area (Å²) in [5.74, 6) is -1.64. The van der Waals surface area contributed by atoms with E-state index in [1.54, 1.807) is 6.92 Å². The Kier molecular flexibility index (Phi) is 3.92. The van der Waals surface area contributed by atoms with Crippen LogP contribution in [0.3, 0.4) is 0 Å². The molecular formula is C13H9BrF2OS. The van der Waals surface area contributed by atoms with Crippen molar-refractivity contribution in [3.63, 3.8) is 0 Å². The molecule has 18 heavy (non-hydrogen) atoms. The number of carbonyl (C=O) groups excluding carboxylic acids is 1. The molecule has 0 spiro atoms. The Morgan fingerprint density at radius 2 is 1.94 bits per heavy atom. The van der Waals surface area contributed by atoms with E-state index in [9.17, 15) is 13.6 Å². The summed E-state index contributed by atoms with van der Waals surface area (Å²) >= 11 is 4.56. The lowest BCUT2D eigenvalue weighted by molar-refractivity contribution is 0.0994. The van der Waals surface area contributed by atoms with Crippen molar-refractivity contribution in [3.8, 4) is 0 Å². The van der Waals surface area contributed by atoms with Crippen molar-refractivity contribution >= 4 is 33.0 Å². The van der Waals surface area contributed by atoms with Gasteiger partial charge in [0.15, 0.2) is 5.78 Å². The molecule has 0 amide bonds. The lowest BCUT2D eigenvalue weighted by Crippen LogP contribution is -2.06. The van der Waals surface area contributed by atoms with Crippen LogP contribution in [0.1, 0.15) is 20.8 Å². The fourth-order valence-corrected chi connectivity index (χ4v) is 3.33. The van der Waals surface area contributed by atoms with Crippen LogP contribution in [-0.2, 0) is 6.42 Å². The maximum Gasteiger partial charge on any atom is 0.177 e. The second kappa shape index (κ2) is 5.28. The van der Waals surface area contributed by atoms with Crippen LogP contribution in [0.25, 0.3) is 0 Å². The molecule has 0 aliphatic rings. The first-order chi connectivity index (χ1) is 8.49. The predicted molar refractivity (Wildman–Crippen MR) is 71.1 cm³/mol. The van der Waals surface area contributed by atoms with E-state index in [0.29, 0.717) is 4.88 Å². The van der Waals surface area contributed by atoms with Gasteiger partial charge in [-0.05, 0) is 46.6 Å². The van der Waals surface area contributed by atoms with Gasteiger partial charge in [0.2, 0.25) is 0 Å². The van der Waals surface area contributed by atoms with Crippen molar-refractivity contribution in [1.82, 2.24) is 0 Å². The van der Waals surface area contributed by atoms with Gasteiger partial charge in [-0.2, -0.15) is 0 Å². The van der Waals surface area contributed by atoms with Crippen molar-refractivity contribution in [3.05, 3.63) is 55.7 Å². The zero-order valence-corrected chi connectivity index (χ0v) is 11.9. The minimum Gasteiger partial charge on any atom is -0.293 e. The van der Waals surface area contributed by atoms with Gasteiger partial charge in [0.25, 0.3) is 0 Å². The third-order valence-electron chi connectivity index (χ3n) is 2.54. The molecule has 0 fully saturated rings. The molecule has 0 unspecified atom stereocenters. The zero-order valence-electron chi connectivity index (χ0n) is 9.47. The maximum absolute atomic E-state index is 13.4. The Hall–Kier alpha value is -1.07. The van der Waals surface area contributed by atoms with Crippen molar-refractivity contribution in [2.75, 3.05) is 0 Å². The largest absolute Gasteiger partial charge is 0.293 e. The third-order valence-corrected chi connectivity index (χ3v) is 4.32. The number of benzene rings is 1. The fraction of sp³-hybridized carbons (Fsp3) is 0.154. The Balaban J connectivity index is 2.30. The first-order valence-corrected chi connectivity index (χ1v) is 6.82. The van der Waals surface area contributed by atoms with Crippen LogP contribution in [-0.4, -0.2) is 5.78 Å². The first kappa shape index (κ1) is 13.4. The average Bonchev–Trinajstić information content (AvgIpc) is 2.63. The summed E-state index contributed by atoms with van der Waals surface area (Å²) in [6.07, 6.45) is -0.258. The number of halogens is 3. The SMILES string of the molecule is Cc1cc(Br)sc1C(=O)Cc1c(F)cccc1F. The molecule has 0 saturated carbocycles. The summed E-state index contributed by atoms with van der Waals surface area (Å²) in [5.41, 5.74) is 0.639. The maximum atomic E-state index is 13.4. The lowest BCUT2D eigenvalue weighted by atomic mass is 10.1. The fourth-order valence-electron chi connectivity index (χ4n) is 1.66. The van der Waals surface area contributed by atoms with Crippen LogP contribution >= 0.6 is 27.3 Å². The van der Waals surface area contributed by atoms with Crippen molar-refractivity contribution in [1.29, 1.82) is 0 Å². The molecule has 1 nitrogen and oxygen atoms in total. The topological polar surface area (TPSA) is 17.1 Å². The second-order valence-electron chi connectivity index (χ2n) is 3.86. The number of carbonyl (C=O) groups is 1. The molecule has 0 N–H and O–H groups in total. The van der Waals surface area contributed by atoms with Gasteiger partial charge >= 0.3 is 0 Å². The van der Waals surface area contributed by atoms with Crippen LogP contribution < -0.4 is 0 Å². The highest BCUT2D eigenvalue weighted by molar-refractivity contribution is 9.11. The molecule has 1 heterocycles. The van der Waals surface area contributed by atoms with Gasteiger partial charge in [0.1, 0.15) is 11.6 Å². The highest BCUT2D eigenvalue weighted by Gasteiger charge is 2.17. The number of hydrogen-bond donors (Lipinski definition) is 0. The van der Waals surface area contributed by atoms with Crippen LogP contribution in [0, 0.1) is 18.6 Å². The summed E-state index contributed by atoms with van der Waals surface area (Å²) in [5, 5.41) is 0. The van der Waals surface area contributed by atoms with Crippen LogP contribution in [0.5, 0.6) is 0 Å². The average molecular weight is 331 g/mol. The molecular weight excluding hydrogens is 322 g/mol. The van der Waals surface area contributed by atoms with Crippen LogP contribution in [0.15, 0.2) is 28.1 Å². The molecule has 0 saturated heterocycles. The van der Waals surface area contributed by atoms with Crippen molar-refractivity contribution in [2.45, 2.75) is 13.3 Å². The molecule has 2 rings (SSSR count). The molecule has 1 aromatic carbocycles. The van der Waals surface area contributed by atoms with Crippen LogP contribution in [0.4, 0.5) is 8.78 Å². The number of aryl methyl sites for hydroxylation is 1. The van der Waals surface area contributed by atoms with E-state index in [1.165, 1.54) is 17.4 Å². The standard InChI is InChI=1S/C13H9BrF2OS/c1-7-5-12(14)18-13(7)11(17)6-8-9(15)3-2-4-10(8)16/h2-5H,6H2,1H3. The number of hydrogen-bond acceptors (Lipinski definition) is 2. The minimum atomic E-state index is -0.684. The van der Waals surface area contributed by atoms with Crippen LogP contribution in [0.2, 0.25) is 0 Å². The first-order valence-electron chi connectivity index (χ1n) is 5.21. The highest BCUT2D eigenvalue weighted by atomic mass is 79.9. The molecule has 0 aliphatic carbocycles. The number of ketones is 1. The summed E-state index contributed by atoms with van der Waals surface area (Å²) in [4.78, 5) is 12.5. The monoisotopic (exact) mass is 330 g/mol. The Morgan fingerprint density at radius 1 is 1.33 bits per heavy atom. The molecule has 0 bridgehead atoms. The lowest BCUT2D eigenvalue weighted by Gasteiger charge is -2.03. The molecule has 5 heteroatoms. The van der Waals surface area contributed by atoms with E-state index in [1.807, 2.05) is 6.07 Å². The number of thiophene rings is 1. The highest BCUT2D eigenvalue weighted by Crippen LogP contribution is 2.28. The van der Waals surface area contributed by atoms with Gasteiger partial charge in [0, 0.05) is 12.0 Å². The Morgan fingerprint density at radius 3 is 2.44 bits per heavy atom. The minimum absolute atomic E-state index is 0.175. The smallest absolute Gasteiger partial charge is 0.177 e. The molecule has 0 radical (unpaired) electrons. The number of rotatable bonds is 3. The molecule has 2 aromatic rings. The Labute approximate surface area is 116 Å². The van der Waals surface area contributed by atoms with Gasteiger partial charge in [-0.3, -0.25) is 4.79 Å². The van der Waals surface area contributed by atoms with Gasteiger partial charge in [-0.1, -0.05) is 6.07 Å². The quantitative estimate of drug-likeness (QED) is 0.756. The molecule has 0 atom stereocenters. The van der Waals surface area contributed by atoms with E-state index in [4.69, 9.17) is 0 Å². The van der Waals surface area contributed by atoms with E-state index in [-0.39, 0.29) is 17.8 Å². The normalized spacial score (nSPS) is 10.7. The van der Waals surface area contributed by atoms with Gasteiger partial charge < -0.3 is 0 Å². The molecule has 1 aromatic heterocycles. The van der Waals surface area contributed by atoms with E-state index < -0.39 is 11.6 Å². The molecule has 94 valence electrons. The Bertz CT molecular complexity index is 587. The van der Waals surface area contributed by atoms with E-state index in [0.717, 1.165) is 21.5 Å². The summed E-state index contributed by atoms with van der Waals surface area (Å²) in [7, 11) is 0. The van der Waals surface area contributed by atoms with Gasteiger partial charge in [0.05, 0.1) is 8.66 Å². The summed E-state index contributed by atoms with van der Waals surface area (Å²) in [6.45, 7) is 1.80. The predicted octanol–water partition coefficient (Wildman–Crippen LogP) is 4.52. The van der Waals surface area contributed by atoms with E-state index in [2.05, 4.69) is 15.9 Å². The molecule has 0 aliphatic heterocycles. The van der Waals surface area contributed by atoms with Gasteiger partial charge in [-0.15, -0.1) is 11.3 Å². The zero-order chi connectivity index (χ0) is 13.3. The third kappa shape index (κ3) is 2.67. The van der Waals surface area contributed by atoms with Gasteiger partial charge in [-0.25, -0.2) is 8.78 Å². The van der Waals surface area contributed by atoms with Crippen molar-refractivity contribution in [2.24, 2.45) is 0 Å². The van der Waals surface area contributed by atoms with E-state index >= 15 is 0 Å². The second-order valence-corrected chi connectivity index (χ2v) is 6.29. The summed E-state index contributed by atoms with van der Waals surface area (Å²) in [6, 6.07) is 5.41.